The van der Waals surface area contributed by atoms with Crippen LogP contribution in [0, 0.1) is 5.82 Å². The van der Waals surface area contributed by atoms with Crippen molar-refractivity contribution in [3.8, 4) is 16.9 Å². The van der Waals surface area contributed by atoms with Gasteiger partial charge in [0.2, 0.25) is 5.95 Å². The topological polar surface area (TPSA) is 98.6 Å². The lowest BCUT2D eigenvalue weighted by Crippen LogP contribution is -2.37. The summed E-state index contributed by atoms with van der Waals surface area (Å²) >= 11 is 0. The van der Waals surface area contributed by atoms with E-state index in [1.165, 1.54) is 12.1 Å². The van der Waals surface area contributed by atoms with Crippen molar-refractivity contribution in [2.75, 3.05) is 12.3 Å². The number of aromatic nitrogens is 4. The Hall–Kier alpha value is -4.01. The zero-order valence-corrected chi connectivity index (χ0v) is 19.2. The van der Waals surface area contributed by atoms with Gasteiger partial charge in [-0.3, -0.25) is 9.78 Å². The minimum atomic E-state index is -0.336. The summed E-state index contributed by atoms with van der Waals surface area (Å²) in [5, 5.41) is 4.10. The summed E-state index contributed by atoms with van der Waals surface area (Å²) in [5.41, 5.74) is 10.00. The Kier molecular flexibility index (Phi) is 5.32. The number of pyridine rings is 2. The van der Waals surface area contributed by atoms with Crippen LogP contribution in [0.15, 0.2) is 48.8 Å². The first-order chi connectivity index (χ1) is 17.0. The molecule has 0 bridgehead atoms. The van der Waals surface area contributed by atoms with E-state index in [0.717, 1.165) is 42.5 Å². The highest BCUT2D eigenvalue weighted by atomic mass is 19.1. The molecule has 4 aromatic rings. The number of nitrogen functional groups attached to an aromatic ring is 1. The van der Waals surface area contributed by atoms with E-state index in [1.807, 2.05) is 18.2 Å². The molecule has 0 saturated heterocycles. The minimum absolute atomic E-state index is 0.121. The predicted molar refractivity (Wildman–Crippen MR) is 128 cm³/mol. The van der Waals surface area contributed by atoms with Gasteiger partial charge in [-0.15, -0.1) is 5.10 Å². The molecule has 0 spiro atoms. The molecule has 0 radical (unpaired) electrons. The Morgan fingerprint density at radius 3 is 2.83 bits per heavy atom. The fraction of sp³-hybridized carbons (Fsp3) is 0.308. The smallest absolute Gasteiger partial charge is 0.256 e. The summed E-state index contributed by atoms with van der Waals surface area (Å²) in [7, 11) is 0. The molecule has 4 heterocycles. The maximum absolute atomic E-state index is 14.1. The molecule has 3 aromatic heterocycles. The van der Waals surface area contributed by atoms with Gasteiger partial charge in [-0.05, 0) is 67.6 Å². The van der Waals surface area contributed by atoms with Crippen LogP contribution >= 0.6 is 0 Å². The van der Waals surface area contributed by atoms with E-state index >= 15 is 0 Å². The van der Waals surface area contributed by atoms with Crippen LogP contribution in [0.4, 0.5) is 10.3 Å². The monoisotopic (exact) mass is 472 g/mol. The predicted octanol–water partition coefficient (Wildman–Crippen LogP) is 4.03. The number of hydrogen-bond acceptors (Lipinski definition) is 6. The summed E-state index contributed by atoms with van der Waals surface area (Å²) in [6.45, 7) is 0.801. The molecular formula is C26H25FN6O2. The highest BCUT2D eigenvalue weighted by Crippen LogP contribution is 2.30. The molecule has 1 aromatic carbocycles. The summed E-state index contributed by atoms with van der Waals surface area (Å²) in [5.74, 6) is 0.399. The Balaban J connectivity index is 1.27. The van der Waals surface area contributed by atoms with Gasteiger partial charge < -0.3 is 15.4 Å². The number of halogens is 1. The number of amides is 1. The molecule has 6 rings (SSSR count). The first kappa shape index (κ1) is 21.5. The molecule has 2 N–H and O–H groups in total. The molecule has 8 nitrogen and oxygen atoms in total. The van der Waals surface area contributed by atoms with Crippen LogP contribution < -0.4 is 10.5 Å². The number of carbonyl (C=O) groups is 1. The fourth-order valence-corrected chi connectivity index (χ4v) is 4.96. The first-order valence-electron chi connectivity index (χ1n) is 11.9. The lowest BCUT2D eigenvalue weighted by atomic mass is 9.99. The highest BCUT2D eigenvalue weighted by molar-refractivity contribution is 5.97. The molecule has 0 unspecified atom stereocenters. The maximum atomic E-state index is 14.1. The van der Waals surface area contributed by atoms with E-state index in [0.29, 0.717) is 35.5 Å². The summed E-state index contributed by atoms with van der Waals surface area (Å²) in [4.78, 5) is 24.0. The van der Waals surface area contributed by atoms with E-state index in [-0.39, 0.29) is 30.3 Å². The normalized spacial score (nSPS) is 16.1. The van der Waals surface area contributed by atoms with Crippen LogP contribution in [0.1, 0.15) is 47.3 Å². The molecule has 1 fully saturated rings. The van der Waals surface area contributed by atoms with Crippen molar-refractivity contribution >= 4 is 17.5 Å². The number of hydrogen-bond donors (Lipinski definition) is 1. The van der Waals surface area contributed by atoms with Gasteiger partial charge in [-0.2, -0.15) is 4.98 Å². The Morgan fingerprint density at radius 2 is 1.97 bits per heavy atom. The third-order valence-electron chi connectivity index (χ3n) is 6.77. The van der Waals surface area contributed by atoms with Gasteiger partial charge in [0.15, 0.2) is 5.65 Å². The second-order valence-electron chi connectivity index (χ2n) is 9.16. The molecule has 35 heavy (non-hydrogen) atoms. The third kappa shape index (κ3) is 4.18. The fourth-order valence-electron chi connectivity index (χ4n) is 4.96. The third-order valence-corrected chi connectivity index (χ3v) is 6.77. The van der Waals surface area contributed by atoms with Crippen LogP contribution in [0.3, 0.4) is 0 Å². The Labute approximate surface area is 201 Å². The van der Waals surface area contributed by atoms with Crippen molar-refractivity contribution in [2.24, 2.45) is 0 Å². The second kappa shape index (κ2) is 8.65. The molecule has 1 saturated carbocycles. The number of nitrogens with two attached hydrogens (primary N) is 1. The lowest BCUT2D eigenvalue weighted by molar-refractivity contribution is 0.0722. The van der Waals surface area contributed by atoms with Crippen molar-refractivity contribution in [3.63, 3.8) is 0 Å². The number of ether oxygens (including phenoxy) is 1. The van der Waals surface area contributed by atoms with Crippen molar-refractivity contribution in [1.29, 1.82) is 0 Å². The molecular weight excluding hydrogens is 447 g/mol. The average molecular weight is 473 g/mol. The van der Waals surface area contributed by atoms with Gasteiger partial charge in [0.05, 0.1) is 17.4 Å². The van der Waals surface area contributed by atoms with E-state index < -0.39 is 0 Å². The zero-order valence-electron chi connectivity index (χ0n) is 19.2. The minimum Gasteiger partial charge on any atom is -0.490 e. The summed E-state index contributed by atoms with van der Waals surface area (Å²) in [6.07, 6.45) is 8.65. The van der Waals surface area contributed by atoms with E-state index in [2.05, 4.69) is 15.1 Å². The SMILES string of the molecule is Nc1nc2cc(-c3cnc4c(c3)C(=O)N(Cc3cc(F)ccc3OC3CCCC3)CC4)ccn2n1. The lowest BCUT2D eigenvalue weighted by Gasteiger charge is -2.29. The van der Waals surface area contributed by atoms with Gasteiger partial charge in [0.25, 0.3) is 5.91 Å². The zero-order chi connectivity index (χ0) is 23.9. The number of fused-ring (bicyclic) bond motifs is 2. The standard InChI is InChI=1S/C26H25FN6O2/c27-19-5-6-23(35-20-3-1-2-4-20)18(11-19)15-32-9-8-22-21(25(32)34)12-17(14-29-22)16-7-10-33-24(13-16)30-26(28)31-33/h5-7,10-14,20H,1-4,8-9,15H2,(H2,28,31). The molecule has 1 amide bonds. The van der Waals surface area contributed by atoms with Crippen LogP contribution in [0.5, 0.6) is 5.75 Å². The largest absolute Gasteiger partial charge is 0.490 e. The van der Waals surface area contributed by atoms with E-state index in [4.69, 9.17) is 10.5 Å². The second-order valence-corrected chi connectivity index (χ2v) is 9.16. The highest BCUT2D eigenvalue weighted by Gasteiger charge is 2.27. The summed E-state index contributed by atoms with van der Waals surface area (Å²) < 4.78 is 21.9. The van der Waals surface area contributed by atoms with Crippen molar-refractivity contribution < 1.29 is 13.9 Å². The van der Waals surface area contributed by atoms with Crippen molar-refractivity contribution in [3.05, 3.63) is 71.4 Å². The van der Waals surface area contributed by atoms with Gasteiger partial charge >= 0.3 is 0 Å². The maximum Gasteiger partial charge on any atom is 0.256 e. The molecule has 1 aliphatic carbocycles. The summed E-state index contributed by atoms with van der Waals surface area (Å²) in [6, 6.07) is 10.2. The Morgan fingerprint density at radius 1 is 1.11 bits per heavy atom. The molecule has 1 aliphatic heterocycles. The number of benzene rings is 1. The quantitative estimate of drug-likeness (QED) is 0.471. The Bertz CT molecular complexity index is 1430. The van der Waals surface area contributed by atoms with Crippen LogP contribution in [0.25, 0.3) is 16.8 Å². The van der Waals surface area contributed by atoms with Crippen LogP contribution in [0.2, 0.25) is 0 Å². The molecule has 178 valence electrons. The average Bonchev–Trinajstić information content (AvgIpc) is 3.50. The van der Waals surface area contributed by atoms with Gasteiger partial charge in [-0.25, -0.2) is 8.91 Å². The van der Waals surface area contributed by atoms with E-state index in [9.17, 15) is 9.18 Å². The van der Waals surface area contributed by atoms with Crippen molar-refractivity contribution in [1.82, 2.24) is 24.5 Å². The van der Waals surface area contributed by atoms with Gasteiger partial charge in [0, 0.05) is 43.0 Å². The van der Waals surface area contributed by atoms with Crippen LogP contribution in [-0.4, -0.2) is 43.0 Å². The number of carbonyl (C=O) groups excluding carboxylic acids is 1. The van der Waals surface area contributed by atoms with Crippen molar-refractivity contribution in [2.45, 2.75) is 44.8 Å². The van der Waals surface area contributed by atoms with Gasteiger partial charge in [-0.1, -0.05) is 0 Å². The molecule has 9 heteroatoms. The van der Waals surface area contributed by atoms with Crippen LogP contribution in [-0.2, 0) is 13.0 Å². The molecule has 0 atom stereocenters. The number of nitrogens with zero attached hydrogens (tertiary/aromatic N) is 5. The number of rotatable bonds is 5. The molecule has 2 aliphatic rings. The first-order valence-corrected chi connectivity index (χ1v) is 11.9. The van der Waals surface area contributed by atoms with Gasteiger partial charge in [0.1, 0.15) is 11.6 Å². The van der Waals surface area contributed by atoms with E-state index in [1.54, 1.807) is 27.9 Å². The number of anilines is 1.